The second kappa shape index (κ2) is 10.3. The van der Waals surface area contributed by atoms with Crippen LogP contribution in [-0.2, 0) is 25.2 Å². The van der Waals surface area contributed by atoms with Crippen molar-refractivity contribution in [3.63, 3.8) is 0 Å². The lowest BCUT2D eigenvalue weighted by Crippen LogP contribution is -2.30. The summed E-state index contributed by atoms with van der Waals surface area (Å²) >= 11 is 0. The Morgan fingerprint density at radius 1 is 0.861 bits per heavy atom. The first kappa shape index (κ1) is 26.3. The largest absolute Gasteiger partial charge is 0.416 e. The quantitative estimate of drug-likeness (QED) is 0.298. The van der Waals surface area contributed by atoms with E-state index in [1.54, 1.807) is 0 Å². The van der Waals surface area contributed by atoms with Gasteiger partial charge in [0.25, 0.3) is 0 Å². The molecule has 0 unspecified atom stereocenters. The topological polar surface area (TPSA) is 16.1 Å². The molecule has 36 heavy (non-hydrogen) atoms. The van der Waals surface area contributed by atoms with Gasteiger partial charge >= 0.3 is 12.4 Å². The van der Waals surface area contributed by atoms with Gasteiger partial charge in [0.1, 0.15) is 5.82 Å². The molecular formula is C28H30F6N2. The van der Waals surface area contributed by atoms with E-state index in [-0.39, 0.29) is 24.5 Å². The molecule has 4 rings (SSSR count). The number of aromatic nitrogens is 1. The van der Waals surface area contributed by atoms with E-state index in [1.165, 1.54) is 12.8 Å². The van der Waals surface area contributed by atoms with Crippen LogP contribution in [0.3, 0.4) is 0 Å². The average Bonchev–Trinajstić information content (AvgIpc) is 3.32. The van der Waals surface area contributed by atoms with Gasteiger partial charge in [-0.25, -0.2) is 4.98 Å². The molecule has 0 aliphatic heterocycles. The van der Waals surface area contributed by atoms with E-state index >= 15 is 0 Å². The zero-order valence-corrected chi connectivity index (χ0v) is 20.4. The van der Waals surface area contributed by atoms with Gasteiger partial charge in [-0.1, -0.05) is 24.5 Å². The van der Waals surface area contributed by atoms with Crippen LogP contribution in [0.5, 0.6) is 0 Å². The zero-order valence-electron chi connectivity index (χ0n) is 20.4. The van der Waals surface area contributed by atoms with Crippen LogP contribution in [0.25, 0.3) is 10.9 Å². The van der Waals surface area contributed by atoms with Crippen molar-refractivity contribution >= 4 is 16.7 Å². The molecule has 0 atom stereocenters. The first-order chi connectivity index (χ1) is 16.9. The van der Waals surface area contributed by atoms with E-state index in [0.29, 0.717) is 5.92 Å². The van der Waals surface area contributed by atoms with Crippen LogP contribution in [0, 0.1) is 12.8 Å². The Kier molecular flexibility index (Phi) is 7.53. The Labute approximate surface area is 207 Å². The van der Waals surface area contributed by atoms with E-state index < -0.39 is 23.5 Å². The maximum Gasteiger partial charge on any atom is 0.416 e. The number of benzene rings is 2. The third-order valence-electron chi connectivity index (χ3n) is 6.99. The molecule has 0 radical (unpaired) electrons. The lowest BCUT2D eigenvalue weighted by Gasteiger charge is -2.28. The van der Waals surface area contributed by atoms with Crippen molar-refractivity contribution in [2.45, 2.75) is 64.7 Å². The number of aryl methyl sites for hydroxylation is 3. The molecule has 0 N–H and O–H groups in total. The maximum atomic E-state index is 13.3. The van der Waals surface area contributed by atoms with Gasteiger partial charge in [0.15, 0.2) is 0 Å². The predicted octanol–water partition coefficient (Wildman–Crippen LogP) is 8.38. The van der Waals surface area contributed by atoms with Crippen molar-refractivity contribution in [1.82, 2.24) is 4.98 Å². The van der Waals surface area contributed by atoms with Crippen molar-refractivity contribution < 1.29 is 26.3 Å². The summed E-state index contributed by atoms with van der Waals surface area (Å²) in [5.74, 6) is 1.33. The van der Waals surface area contributed by atoms with E-state index in [9.17, 15) is 26.3 Å². The van der Waals surface area contributed by atoms with E-state index in [2.05, 4.69) is 4.90 Å². The summed E-state index contributed by atoms with van der Waals surface area (Å²) < 4.78 is 80.0. The Hall–Kier alpha value is -2.77. The van der Waals surface area contributed by atoms with Gasteiger partial charge in [-0.15, -0.1) is 0 Å². The molecule has 194 valence electrons. The SMILES string of the molecule is CCN(CC1CCCC1)c1nc2ccc(C)cc2cc1CCc1cc(C(F)(F)F)cc(C(F)(F)F)c1. The molecule has 0 spiro atoms. The van der Waals surface area contributed by atoms with Gasteiger partial charge in [0.05, 0.1) is 16.6 Å². The van der Waals surface area contributed by atoms with Crippen LogP contribution < -0.4 is 4.90 Å². The summed E-state index contributed by atoms with van der Waals surface area (Å²) in [6.07, 6.45) is -4.67. The van der Waals surface area contributed by atoms with Crippen LogP contribution in [-0.4, -0.2) is 18.1 Å². The van der Waals surface area contributed by atoms with E-state index in [4.69, 9.17) is 4.98 Å². The number of alkyl halides is 6. The third kappa shape index (κ3) is 6.13. The summed E-state index contributed by atoms with van der Waals surface area (Å²) in [5, 5.41) is 0.908. The first-order valence-electron chi connectivity index (χ1n) is 12.4. The Morgan fingerprint density at radius 2 is 1.50 bits per heavy atom. The maximum absolute atomic E-state index is 13.3. The highest BCUT2D eigenvalue weighted by Gasteiger charge is 2.36. The molecule has 0 bridgehead atoms. The van der Waals surface area contributed by atoms with Gasteiger partial charge in [0, 0.05) is 18.5 Å². The van der Waals surface area contributed by atoms with Crippen molar-refractivity contribution in [2.75, 3.05) is 18.0 Å². The van der Waals surface area contributed by atoms with Gasteiger partial charge in [-0.05, 0) is 93.0 Å². The van der Waals surface area contributed by atoms with E-state index in [0.717, 1.165) is 65.9 Å². The molecule has 1 heterocycles. The number of anilines is 1. The minimum Gasteiger partial charge on any atom is -0.356 e. The number of nitrogens with zero attached hydrogens (tertiary/aromatic N) is 2. The molecule has 1 aliphatic rings. The fraction of sp³-hybridized carbons (Fsp3) is 0.464. The minimum absolute atomic E-state index is 0.00582. The van der Waals surface area contributed by atoms with Crippen molar-refractivity contribution in [3.05, 3.63) is 70.3 Å². The molecule has 1 fully saturated rings. The lowest BCUT2D eigenvalue weighted by molar-refractivity contribution is -0.143. The van der Waals surface area contributed by atoms with Crippen molar-refractivity contribution in [2.24, 2.45) is 5.92 Å². The fourth-order valence-corrected chi connectivity index (χ4v) is 5.10. The number of hydrogen-bond donors (Lipinski definition) is 0. The van der Waals surface area contributed by atoms with Crippen LogP contribution in [0.15, 0.2) is 42.5 Å². The predicted molar refractivity (Wildman–Crippen MR) is 130 cm³/mol. The fourth-order valence-electron chi connectivity index (χ4n) is 5.10. The summed E-state index contributed by atoms with van der Waals surface area (Å²) in [6.45, 7) is 5.57. The molecule has 2 aromatic carbocycles. The van der Waals surface area contributed by atoms with Gasteiger partial charge in [-0.2, -0.15) is 26.3 Å². The van der Waals surface area contributed by atoms with Crippen LogP contribution >= 0.6 is 0 Å². The second-order valence-corrected chi connectivity index (χ2v) is 9.77. The smallest absolute Gasteiger partial charge is 0.356 e. The van der Waals surface area contributed by atoms with Crippen LogP contribution in [0.2, 0.25) is 0 Å². The first-order valence-corrected chi connectivity index (χ1v) is 12.4. The average molecular weight is 509 g/mol. The standard InChI is InChI=1S/C28H30F6N2/c1-3-36(17-19-6-4-5-7-19)26-21(15-22-12-18(2)8-11-25(22)35-26)10-9-20-13-23(27(29,30)31)16-24(14-20)28(32,33)34/h8,11-16,19H,3-7,9-10,17H2,1-2H3. The van der Waals surface area contributed by atoms with Gasteiger partial charge in [-0.3, -0.25) is 0 Å². The molecule has 2 nitrogen and oxygen atoms in total. The molecule has 1 saturated carbocycles. The van der Waals surface area contributed by atoms with E-state index in [1.807, 2.05) is 38.1 Å². The van der Waals surface area contributed by atoms with Crippen LogP contribution in [0.4, 0.5) is 32.2 Å². The lowest BCUT2D eigenvalue weighted by atomic mass is 9.98. The molecular weight excluding hydrogens is 478 g/mol. The van der Waals surface area contributed by atoms with Crippen molar-refractivity contribution in [1.29, 1.82) is 0 Å². The Balaban J connectivity index is 1.71. The number of halogens is 6. The van der Waals surface area contributed by atoms with Gasteiger partial charge in [0.2, 0.25) is 0 Å². The Bertz CT molecular complexity index is 1180. The summed E-state index contributed by atoms with van der Waals surface area (Å²) in [7, 11) is 0. The third-order valence-corrected chi connectivity index (χ3v) is 6.99. The summed E-state index contributed by atoms with van der Waals surface area (Å²) in [5.41, 5.74) is 0.148. The summed E-state index contributed by atoms with van der Waals surface area (Å²) in [4.78, 5) is 7.13. The van der Waals surface area contributed by atoms with Gasteiger partial charge < -0.3 is 4.90 Å². The summed E-state index contributed by atoms with van der Waals surface area (Å²) in [6, 6.07) is 9.73. The minimum atomic E-state index is -4.86. The second-order valence-electron chi connectivity index (χ2n) is 9.77. The molecule has 0 saturated heterocycles. The molecule has 0 amide bonds. The monoisotopic (exact) mass is 508 g/mol. The Morgan fingerprint density at radius 3 is 2.08 bits per heavy atom. The molecule has 8 heteroatoms. The van der Waals surface area contributed by atoms with Crippen molar-refractivity contribution in [3.8, 4) is 0 Å². The molecule has 3 aromatic rings. The number of pyridine rings is 1. The number of hydrogen-bond acceptors (Lipinski definition) is 2. The highest BCUT2D eigenvalue weighted by atomic mass is 19.4. The van der Waals surface area contributed by atoms with Crippen LogP contribution in [0.1, 0.15) is 60.4 Å². The molecule has 1 aromatic heterocycles. The highest BCUT2D eigenvalue weighted by Crippen LogP contribution is 2.37. The number of rotatable bonds is 7. The molecule has 1 aliphatic carbocycles. The normalized spacial score (nSPS) is 15.1. The number of fused-ring (bicyclic) bond motifs is 1. The zero-order chi connectivity index (χ0) is 26.1. The highest BCUT2D eigenvalue weighted by molar-refractivity contribution is 5.82.